The number of thiophene rings is 1. The fourth-order valence-corrected chi connectivity index (χ4v) is 4.92. The Morgan fingerprint density at radius 3 is 2.37 bits per heavy atom. The number of benzene rings is 1. The molecule has 1 heterocycles. The van der Waals surface area contributed by atoms with E-state index in [2.05, 4.69) is 11.4 Å². The summed E-state index contributed by atoms with van der Waals surface area (Å²) in [6, 6.07) is 11.4. The van der Waals surface area contributed by atoms with E-state index >= 15 is 0 Å². The molecule has 1 aliphatic carbocycles. The highest BCUT2D eigenvalue weighted by Gasteiger charge is 2.37. The van der Waals surface area contributed by atoms with Crippen LogP contribution in [0.4, 0.5) is 0 Å². The number of ether oxygens (including phenoxy) is 1. The van der Waals surface area contributed by atoms with Crippen LogP contribution in [0.15, 0.2) is 36.4 Å². The highest BCUT2D eigenvalue weighted by atomic mass is 32.1. The lowest BCUT2D eigenvalue weighted by Gasteiger charge is -2.28. The van der Waals surface area contributed by atoms with Gasteiger partial charge in [-0.25, -0.2) is 0 Å². The SMILES string of the molecule is CC(C)Oc1ccc(C(=O)NCC2(c3ccc(C(C)O)s3)CCCC2)cc1. The minimum atomic E-state index is -0.441. The molecule has 1 unspecified atom stereocenters. The monoisotopic (exact) mass is 387 g/mol. The fraction of sp³-hybridized carbons (Fsp3) is 0.500. The van der Waals surface area contributed by atoms with Gasteiger partial charge >= 0.3 is 0 Å². The molecule has 0 bridgehead atoms. The predicted octanol–water partition coefficient (Wildman–Crippen LogP) is 4.83. The van der Waals surface area contributed by atoms with Gasteiger partial charge in [0.05, 0.1) is 12.2 Å². The third-order valence-electron chi connectivity index (χ3n) is 5.20. The molecule has 1 fully saturated rings. The van der Waals surface area contributed by atoms with Gasteiger partial charge in [0.15, 0.2) is 0 Å². The predicted molar refractivity (Wildman–Crippen MR) is 110 cm³/mol. The molecule has 0 radical (unpaired) electrons. The Balaban J connectivity index is 1.68. The third kappa shape index (κ3) is 4.71. The van der Waals surface area contributed by atoms with Crippen molar-refractivity contribution in [1.29, 1.82) is 0 Å². The van der Waals surface area contributed by atoms with Gasteiger partial charge in [-0.15, -0.1) is 11.3 Å². The Labute approximate surface area is 165 Å². The van der Waals surface area contributed by atoms with Crippen LogP contribution in [-0.4, -0.2) is 23.7 Å². The van der Waals surface area contributed by atoms with Crippen molar-refractivity contribution in [3.63, 3.8) is 0 Å². The first-order valence-electron chi connectivity index (χ1n) is 9.73. The molecule has 1 saturated carbocycles. The van der Waals surface area contributed by atoms with Gasteiger partial charge in [-0.05, 0) is 70.0 Å². The molecule has 2 aromatic rings. The van der Waals surface area contributed by atoms with E-state index < -0.39 is 6.10 Å². The van der Waals surface area contributed by atoms with Crippen molar-refractivity contribution in [2.24, 2.45) is 0 Å². The number of rotatable bonds is 7. The quantitative estimate of drug-likeness (QED) is 0.715. The largest absolute Gasteiger partial charge is 0.491 e. The second-order valence-corrected chi connectivity index (χ2v) is 8.85. The first kappa shape index (κ1) is 19.9. The smallest absolute Gasteiger partial charge is 0.251 e. The maximum Gasteiger partial charge on any atom is 0.251 e. The van der Waals surface area contributed by atoms with Gasteiger partial charge in [0.2, 0.25) is 0 Å². The molecule has 4 nitrogen and oxygen atoms in total. The summed E-state index contributed by atoms with van der Waals surface area (Å²) >= 11 is 1.67. The van der Waals surface area contributed by atoms with E-state index in [-0.39, 0.29) is 17.4 Å². The molecule has 1 atom stereocenters. The molecule has 1 aromatic carbocycles. The normalized spacial score (nSPS) is 17.1. The summed E-state index contributed by atoms with van der Waals surface area (Å²) in [5.41, 5.74) is 0.642. The lowest BCUT2D eigenvalue weighted by molar-refractivity contribution is 0.0943. The molecule has 5 heteroatoms. The van der Waals surface area contributed by atoms with Gasteiger partial charge in [0.1, 0.15) is 5.75 Å². The zero-order valence-corrected chi connectivity index (χ0v) is 17.1. The van der Waals surface area contributed by atoms with Crippen LogP contribution in [0.3, 0.4) is 0 Å². The van der Waals surface area contributed by atoms with E-state index in [1.54, 1.807) is 18.3 Å². The molecular formula is C22H29NO3S. The molecule has 0 aliphatic heterocycles. The molecule has 0 saturated heterocycles. The van der Waals surface area contributed by atoms with Crippen molar-refractivity contribution in [3.05, 3.63) is 51.7 Å². The van der Waals surface area contributed by atoms with Crippen LogP contribution >= 0.6 is 11.3 Å². The van der Waals surface area contributed by atoms with E-state index in [0.717, 1.165) is 23.5 Å². The van der Waals surface area contributed by atoms with Crippen LogP contribution < -0.4 is 10.1 Å². The summed E-state index contributed by atoms with van der Waals surface area (Å²) in [6.07, 6.45) is 4.19. The molecule has 1 aromatic heterocycles. The number of carbonyl (C=O) groups excluding carboxylic acids is 1. The van der Waals surface area contributed by atoms with Gasteiger partial charge in [0, 0.05) is 27.3 Å². The number of nitrogens with one attached hydrogen (secondary N) is 1. The van der Waals surface area contributed by atoms with Crippen LogP contribution in [0.2, 0.25) is 0 Å². The van der Waals surface area contributed by atoms with E-state index in [1.807, 2.05) is 44.2 Å². The Morgan fingerprint density at radius 1 is 1.15 bits per heavy atom. The number of hydrogen-bond acceptors (Lipinski definition) is 4. The number of carbonyl (C=O) groups is 1. The molecule has 146 valence electrons. The zero-order valence-electron chi connectivity index (χ0n) is 16.3. The molecule has 1 aliphatic rings. The van der Waals surface area contributed by atoms with Gasteiger partial charge in [-0.1, -0.05) is 12.8 Å². The summed E-state index contributed by atoms with van der Waals surface area (Å²) in [5.74, 6) is 0.725. The first-order valence-corrected chi connectivity index (χ1v) is 10.5. The van der Waals surface area contributed by atoms with Crippen LogP contribution in [-0.2, 0) is 5.41 Å². The maximum atomic E-state index is 12.6. The zero-order chi connectivity index (χ0) is 19.4. The van der Waals surface area contributed by atoms with Crippen molar-refractivity contribution < 1.29 is 14.6 Å². The van der Waals surface area contributed by atoms with E-state index in [0.29, 0.717) is 12.1 Å². The molecule has 0 spiro atoms. The van der Waals surface area contributed by atoms with Gasteiger partial charge < -0.3 is 15.2 Å². The molecule has 2 N–H and O–H groups in total. The summed E-state index contributed by atoms with van der Waals surface area (Å²) < 4.78 is 5.63. The highest BCUT2D eigenvalue weighted by Crippen LogP contribution is 2.44. The molecule has 3 rings (SSSR count). The summed E-state index contributed by atoms with van der Waals surface area (Å²) in [5, 5.41) is 13.0. The Morgan fingerprint density at radius 2 is 1.81 bits per heavy atom. The third-order valence-corrected chi connectivity index (χ3v) is 6.70. The summed E-state index contributed by atoms with van der Waals surface area (Å²) in [4.78, 5) is 14.9. The number of aliphatic hydroxyl groups is 1. The molecule has 27 heavy (non-hydrogen) atoms. The lowest BCUT2D eigenvalue weighted by atomic mass is 9.84. The fourth-order valence-electron chi connectivity index (χ4n) is 3.73. The van der Waals surface area contributed by atoms with Gasteiger partial charge in [-0.3, -0.25) is 4.79 Å². The highest BCUT2D eigenvalue weighted by molar-refractivity contribution is 7.12. The minimum absolute atomic E-state index is 0.00579. The average molecular weight is 388 g/mol. The van der Waals surface area contributed by atoms with Crippen LogP contribution in [0.5, 0.6) is 5.75 Å². The Hall–Kier alpha value is -1.85. The Bertz CT molecular complexity index is 758. The summed E-state index contributed by atoms with van der Waals surface area (Å²) in [6.45, 7) is 6.39. The first-order chi connectivity index (χ1) is 12.9. The molecule has 1 amide bonds. The van der Waals surface area contributed by atoms with E-state index in [4.69, 9.17) is 4.74 Å². The minimum Gasteiger partial charge on any atom is -0.491 e. The second kappa shape index (κ2) is 8.44. The van der Waals surface area contributed by atoms with Crippen molar-refractivity contribution in [1.82, 2.24) is 5.32 Å². The number of amides is 1. The van der Waals surface area contributed by atoms with Crippen molar-refractivity contribution in [2.45, 2.75) is 64.1 Å². The molecular weight excluding hydrogens is 358 g/mol. The van der Waals surface area contributed by atoms with Crippen LogP contribution in [0.25, 0.3) is 0 Å². The average Bonchev–Trinajstić information content (AvgIpc) is 3.30. The van der Waals surface area contributed by atoms with Crippen LogP contribution in [0.1, 0.15) is 72.7 Å². The number of aliphatic hydroxyl groups excluding tert-OH is 1. The second-order valence-electron chi connectivity index (χ2n) is 7.74. The van der Waals surface area contributed by atoms with E-state index in [9.17, 15) is 9.90 Å². The van der Waals surface area contributed by atoms with Crippen molar-refractivity contribution in [3.8, 4) is 5.75 Å². The standard InChI is InChI=1S/C22H29NO3S/c1-15(2)26-18-8-6-17(7-9-18)21(25)23-14-22(12-4-5-13-22)20-11-10-19(27-20)16(3)24/h6-11,15-16,24H,4-5,12-14H2,1-3H3,(H,23,25). The topological polar surface area (TPSA) is 58.6 Å². The van der Waals surface area contributed by atoms with Crippen LogP contribution in [0, 0.1) is 0 Å². The van der Waals surface area contributed by atoms with Crippen molar-refractivity contribution >= 4 is 17.2 Å². The summed E-state index contributed by atoms with van der Waals surface area (Å²) in [7, 11) is 0. The van der Waals surface area contributed by atoms with Gasteiger partial charge in [0.25, 0.3) is 5.91 Å². The Kier molecular flexibility index (Phi) is 6.22. The van der Waals surface area contributed by atoms with Crippen molar-refractivity contribution in [2.75, 3.05) is 6.54 Å². The van der Waals surface area contributed by atoms with Gasteiger partial charge in [-0.2, -0.15) is 0 Å². The maximum absolute atomic E-state index is 12.6. The van der Waals surface area contributed by atoms with E-state index in [1.165, 1.54) is 17.7 Å². The lowest BCUT2D eigenvalue weighted by Crippen LogP contribution is -2.38. The number of hydrogen-bond donors (Lipinski definition) is 2.